The van der Waals surface area contributed by atoms with E-state index in [-0.39, 0.29) is 17.9 Å². The van der Waals surface area contributed by atoms with E-state index in [1.165, 1.54) is 5.56 Å². The highest BCUT2D eigenvalue weighted by Gasteiger charge is 2.38. The normalized spacial score (nSPS) is 26.2. The molecule has 0 saturated carbocycles. The van der Waals surface area contributed by atoms with Gasteiger partial charge in [-0.05, 0) is 11.1 Å². The highest BCUT2D eigenvalue weighted by atomic mass is 16.5. The summed E-state index contributed by atoms with van der Waals surface area (Å²) in [5.41, 5.74) is 2.26. The maximum Gasteiger partial charge on any atom is 0.126 e. The van der Waals surface area contributed by atoms with Crippen LogP contribution in [0.3, 0.4) is 0 Å². The molecule has 19 heavy (non-hydrogen) atoms. The van der Waals surface area contributed by atoms with Gasteiger partial charge in [-0.1, -0.05) is 60.7 Å². The van der Waals surface area contributed by atoms with Gasteiger partial charge in [-0.25, -0.2) is 0 Å². The molecule has 1 saturated heterocycles. The number of ether oxygens (including phenoxy) is 1. The molecule has 1 heterocycles. The lowest BCUT2D eigenvalue weighted by Gasteiger charge is -2.17. The molecule has 1 fully saturated rings. The van der Waals surface area contributed by atoms with Crippen LogP contribution in [-0.2, 0) is 9.53 Å². The number of carbonyl (C=O) groups is 1. The van der Waals surface area contributed by atoms with E-state index >= 15 is 0 Å². The van der Waals surface area contributed by atoms with Gasteiger partial charge in [-0.3, -0.25) is 0 Å². The van der Waals surface area contributed by atoms with Gasteiger partial charge in [-0.15, -0.1) is 0 Å². The van der Waals surface area contributed by atoms with E-state index in [1.54, 1.807) is 0 Å². The molecule has 3 atom stereocenters. The molecular formula is C17H16O2. The van der Waals surface area contributed by atoms with Crippen molar-refractivity contribution in [3.05, 3.63) is 71.8 Å². The molecule has 2 aromatic carbocycles. The first kappa shape index (κ1) is 12.1. The van der Waals surface area contributed by atoms with Crippen molar-refractivity contribution in [1.82, 2.24) is 0 Å². The molecule has 0 aliphatic carbocycles. The van der Waals surface area contributed by atoms with Crippen molar-refractivity contribution in [1.29, 1.82) is 0 Å². The number of hydrogen-bond donors (Lipinski definition) is 0. The van der Waals surface area contributed by atoms with E-state index in [2.05, 4.69) is 12.1 Å². The summed E-state index contributed by atoms with van der Waals surface area (Å²) >= 11 is 0. The van der Waals surface area contributed by atoms with E-state index in [9.17, 15) is 4.79 Å². The molecule has 1 aliphatic rings. The van der Waals surface area contributed by atoms with Crippen molar-refractivity contribution in [3.63, 3.8) is 0 Å². The van der Waals surface area contributed by atoms with Gasteiger partial charge in [0.05, 0.1) is 18.6 Å². The Morgan fingerprint density at radius 3 is 2.05 bits per heavy atom. The number of benzene rings is 2. The van der Waals surface area contributed by atoms with Crippen molar-refractivity contribution >= 4 is 6.29 Å². The fourth-order valence-electron chi connectivity index (χ4n) is 2.79. The van der Waals surface area contributed by atoms with Crippen LogP contribution in [0.5, 0.6) is 0 Å². The number of carbonyl (C=O) groups excluding carboxylic acids is 1. The van der Waals surface area contributed by atoms with Crippen LogP contribution in [0.15, 0.2) is 60.7 Å². The second kappa shape index (κ2) is 5.37. The topological polar surface area (TPSA) is 26.3 Å². The predicted molar refractivity (Wildman–Crippen MR) is 73.9 cm³/mol. The summed E-state index contributed by atoms with van der Waals surface area (Å²) in [6.45, 7) is 0.604. The third-order valence-corrected chi connectivity index (χ3v) is 3.78. The third kappa shape index (κ3) is 2.32. The maximum atomic E-state index is 11.5. The Hall–Kier alpha value is -1.93. The molecule has 0 radical (unpaired) electrons. The van der Waals surface area contributed by atoms with Crippen LogP contribution >= 0.6 is 0 Å². The van der Waals surface area contributed by atoms with Crippen molar-refractivity contribution in [3.8, 4) is 0 Å². The lowest BCUT2D eigenvalue weighted by molar-refractivity contribution is -0.112. The van der Waals surface area contributed by atoms with Crippen molar-refractivity contribution in [2.24, 2.45) is 5.92 Å². The lowest BCUT2D eigenvalue weighted by atomic mass is 9.84. The molecule has 0 spiro atoms. The smallest absolute Gasteiger partial charge is 0.126 e. The van der Waals surface area contributed by atoms with Gasteiger partial charge in [-0.2, -0.15) is 0 Å². The van der Waals surface area contributed by atoms with Crippen LogP contribution < -0.4 is 0 Å². The summed E-state index contributed by atoms with van der Waals surface area (Å²) in [7, 11) is 0. The Morgan fingerprint density at radius 2 is 1.47 bits per heavy atom. The monoisotopic (exact) mass is 252 g/mol. The SMILES string of the molecule is O=C[C@@H]1[C@@H](c2ccccc2)CO[C@@H]1c1ccccc1. The molecule has 2 heteroatoms. The predicted octanol–water partition coefficient (Wildman–Crippen LogP) is 3.36. The number of hydrogen-bond acceptors (Lipinski definition) is 2. The molecular weight excluding hydrogens is 236 g/mol. The molecule has 2 nitrogen and oxygen atoms in total. The van der Waals surface area contributed by atoms with Gasteiger partial charge >= 0.3 is 0 Å². The first-order chi connectivity index (χ1) is 9.40. The molecule has 3 rings (SSSR count). The second-order valence-electron chi connectivity index (χ2n) is 4.90. The van der Waals surface area contributed by atoms with Gasteiger partial charge in [0.1, 0.15) is 6.29 Å². The molecule has 0 unspecified atom stereocenters. The van der Waals surface area contributed by atoms with Crippen LogP contribution in [0, 0.1) is 5.92 Å². The van der Waals surface area contributed by atoms with Crippen molar-refractivity contribution in [2.45, 2.75) is 12.0 Å². The minimum absolute atomic E-state index is 0.107. The van der Waals surface area contributed by atoms with Gasteiger partial charge in [0, 0.05) is 5.92 Å². The largest absolute Gasteiger partial charge is 0.372 e. The highest BCUT2D eigenvalue weighted by Crippen LogP contribution is 2.42. The molecule has 1 aliphatic heterocycles. The van der Waals surface area contributed by atoms with Crippen LogP contribution in [-0.4, -0.2) is 12.9 Å². The first-order valence-electron chi connectivity index (χ1n) is 6.57. The molecule has 0 amide bonds. The Balaban J connectivity index is 1.89. The summed E-state index contributed by atoms with van der Waals surface area (Å²) in [5.74, 6) is 0.0497. The molecule has 0 N–H and O–H groups in total. The van der Waals surface area contributed by atoms with Crippen LogP contribution in [0.25, 0.3) is 0 Å². The van der Waals surface area contributed by atoms with Crippen LogP contribution in [0.1, 0.15) is 23.1 Å². The minimum Gasteiger partial charge on any atom is -0.372 e. The summed E-state index contributed by atoms with van der Waals surface area (Å²) in [6, 6.07) is 20.1. The van der Waals surface area contributed by atoms with Gasteiger partial charge in [0.25, 0.3) is 0 Å². The second-order valence-corrected chi connectivity index (χ2v) is 4.90. The Morgan fingerprint density at radius 1 is 0.895 bits per heavy atom. The highest BCUT2D eigenvalue weighted by molar-refractivity contribution is 5.59. The van der Waals surface area contributed by atoms with E-state index in [1.807, 2.05) is 48.5 Å². The van der Waals surface area contributed by atoms with Crippen LogP contribution in [0.2, 0.25) is 0 Å². The van der Waals surface area contributed by atoms with Gasteiger partial charge in [0.2, 0.25) is 0 Å². The van der Waals surface area contributed by atoms with Gasteiger partial charge < -0.3 is 9.53 Å². The fourth-order valence-corrected chi connectivity index (χ4v) is 2.79. The third-order valence-electron chi connectivity index (χ3n) is 3.78. The average molecular weight is 252 g/mol. The summed E-state index contributed by atoms with van der Waals surface area (Å²) in [6.07, 6.45) is 0.923. The van der Waals surface area contributed by atoms with E-state index < -0.39 is 0 Å². The first-order valence-corrected chi connectivity index (χ1v) is 6.57. The number of aldehydes is 1. The zero-order valence-corrected chi connectivity index (χ0v) is 10.6. The molecule has 2 aromatic rings. The van der Waals surface area contributed by atoms with E-state index in [4.69, 9.17) is 4.74 Å². The van der Waals surface area contributed by atoms with E-state index in [0.29, 0.717) is 6.61 Å². The van der Waals surface area contributed by atoms with Crippen LogP contribution in [0.4, 0.5) is 0 Å². The zero-order valence-electron chi connectivity index (χ0n) is 10.6. The summed E-state index contributed by atoms with van der Waals surface area (Å²) in [4.78, 5) is 11.5. The Bertz CT molecular complexity index is 488. The molecule has 0 aromatic heterocycles. The molecule has 96 valence electrons. The Labute approximate surface area is 113 Å². The maximum absolute atomic E-state index is 11.5. The van der Waals surface area contributed by atoms with E-state index in [0.717, 1.165) is 11.8 Å². The van der Waals surface area contributed by atoms with Crippen molar-refractivity contribution in [2.75, 3.05) is 6.61 Å². The standard InChI is InChI=1S/C17H16O2/c18-11-15-16(13-7-3-1-4-8-13)12-19-17(15)14-9-5-2-6-10-14/h1-11,15-17H,12H2/t15-,16-,17-/m1/s1. The number of rotatable bonds is 3. The lowest BCUT2D eigenvalue weighted by Crippen LogP contribution is -2.15. The summed E-state index contributed by atoms with van der Waals surface area (Å²) < 4.78 is 5.88. The summed E-state index contributed by atoms with van der Waals surface area (Å²) in [5, 5.41) is 0. The average Bonchev–Trinajstić information content (AvgIpc) is 2.93. The Kier molecular flexibility index (Phi) is 3.43. The molecule has 0 bridgehead atoms. The minimum atomic E-state index is -0.121. The quantitative estimate of drug-likeness (QED) is 0.783. The zero-order chi connectivity index (χ0) is 13.1. The van der Waals surface area contributed by atoms with Gasteiger partial charge in [0.15, 0.2) is 0 Å². The fraction of sp³-hybridized carbons (Fsp3) is 0.235. The van der Waals surface area contributed by atoms with Crippen molar-refractivity contribution < 1.29 is 9.53 Å².